The van der Waals surface area contributed by atoms with Crippen molar-refractivity contribution in [3.63, 3.8) is 0 Å². The number of rotatable bonds is 1. The standard InChI is InChI=1S/C17H20ClNO3/c1-3-16(21)19-6-4-17(5-7-19)10-14(20)12-9-13(18)11(2)8-15(12)22-17/h8-9H,3-7,10H2,1-2H3. The predicted molar refractivity (Wildman–Crippen MR) is 84.6 cm³/mol. The molecule has 1 fully saturated rings. The van der Waals surface area contributed by atoms with E-state index in [2.05, 4.69) is 0 Å². The van der Waals surface area contributed by atoms with Crippen molar-refractivity contribution in [3.8, 4) is 5.75 Å². The van der Waals surface area contributed by atoms with Crippen LogP contribution in [0.5, 0.6) is 5.75 Å². The second kappa shape index (κ2) is 5.58. The number of hydrogen-bond donors (Lipinski definition) is 0. The van der Waals surface area contributed by atoms with Crippen molar-refractivity contribution in [3.05, 3.63) is 28.3 Å². The van der Waals surface area contributed by atoms with Crippen LogP contribution in [0.3, 0.4) is 0 Å². The van der Waals surface area contributed by atoms with Crippen molar-refractivity contribution in [2.24, 2.45) is 0 Å². The van der Waals surface area contributed by atoms with Crippen molar-refractivity contribution >= 4 is 23.3 Å². The topological polar surface area (TPSA) is 46.6 Å². The molecule has 0 N–H and O–H groups in total. The molecule has 22 heavy (non-hydrogen) atoms. The Morgan fingerprint density at radius 2 is 2.05 bits per heavy atom. The van der Waals surface area contributed by atoms with Crippen LogP contribution in [-0.4, -0.2) is 35.3 Å². The van der Waals surface area contributed by atoms with E-state index in [-0.39, 0.29) is 11.7 Å². The Balaban J connectivity index is 1.82. The summed E-state index contributed by atoms with van der Waals surface area (Å²) < 4.78 is 6.21. The maximum absolute atomic E-state index is 12.5. The average Bonchev–Trinajstić information content (AvgIpc) is 2.49. The highest BCUT2D eigenvalue weighted by molar-refractivity contribution is 6.31. The molecule has 2 aliphatic rings. The Bertz CT molecular complexity index is 633. The van der Waals surface area contributed by atoms with Crippen LogP contribution in [0, 0.1) is 6.92 Å². The molecule has 2 aliphatic heterocycles. The molecule has 118 valence electrons. The predicted octanol–water partition coefficient (Wildman–Crippen LogP) is 3.38. The number of benzene rings is 1. The highest BCUT2D eigenvalue weighted by Crippen LogP contribution is 2.41. The summed E-state index contributed by atoms with van der Waals surface area (Å²) in [5.74, 6) is 0.881. The first-order valence-corrected chi connectivity index (χ1v) is 8.12. The maximum Gasteiger partial charge on any atom is 0.222 e. The summed E-state index contributed by atoms with van der Waals surface area (Å²) in [7, 11) is 0. The van der Waals surface area contributed by atoms with Gasteiger partial charge in [-0.15, -0.1) is 0 Å². The molecule has 0 aliphatic carbocycles. The first-order chi connectivity index (χ1) is 10.4. The van der Waals surface area contributed by atoms with Crippen molar-refractivity contribution < 1.29 is 14.3 Å². The number of aryl methyl sites for hydroxylation is 1. The van der Waals surface area contributed by atoms with Crippen LogP contribution in [0.2, 0.25) is 5.02 Å². The van der Waals surface area contributed by atoms with E-state index in [1.54, 1.807) is 6.07 Å². The van der Waals surface area contributed by atoms with E-state index in [4.69, 9.17) is 16.3 Å². The van der Waals surface area contributed by atoms with Gasteiger partial charge in [0.25, 0.3) is 0 Å². The van der Waals surface area contributed by atoms with E-state index < -0.39 is 5.60 Å². The van der Waals surface area contributed by atoms with E-state index in [9.17, 15) is 9.59 Å². The van der Waals surface area contributed by atoms with Gasteiger partial charge in [0.15, 0.2) is 5.78 Å². The summed E-state index contributed by atoms with van der Waals surface area (Å²) in [4.78, 5) is 26.1. The Morgan fingerprint density at radius 3 is 2.68 bits per heavy atom. The number of fused-ring (bicyclic) bond motifs is 1. The molecule has 0 aromatic heterocycles. The number of piperidine rings is 1. The zero-order valence-electron chi connectivity index (χ0n) is 12.9. The normalized spacial score (nSPS) is 19.8. The largest absolute Gasteiger partial charge is 0.486 e. The third kappa shape index (κ3) is 2.60. The maximum atomic E-state index is 12.5. The third-order valence-electron chi connectivity index (χ3n) is 4.70. The van der Waals surface area contributed by atoms with Crippen LogP contribution in [0.25, 0.3) is 0 Å². The third-order valence-corrected chi connectivity index (χ3v) is 5.11. The lowest BCUT2D eigenvalue weighted by Gasteiger charge is -2.44. The molecule has 0 bridgehead atoms. The molecule has 0 unspecified atom stereocenters. The minimum absolute atomic E-state index is 0.0819. The van der Waals surface area contributed by atoms with E-state index >= 15 is 0 Å². The molecule has 3 rings (SSSR count). The molecule has 1 saturated heterocycles. The lowest BCUT2D eigenvalue weighted by molar-refractivity contribution is -0.134. The molecule has 1 spiro atoms. The van der Waals surface area contributed by atoms with Gasteiger partial charge in [-0.05, 0) is 24.6 Å². The number of nitrogens with zero attached hydrogens (tertiary/aromatic N) is 1. The Morgan fingerprint density at radius 1 is 1.36 bits per heavy atom. The number of halogens is 1. The van der Waals surface area contributed by atoms with Gasteiger partial charge in [-0.25, -0.2) is 0 Å². The van der Waals surface area contributed by atoms with Gasteiger partial charge in [-0.3, -0.25) is 9.59 Å². The number of amides is 1. The summed E-state index contributed by atoms with van der Waals surface area (Å²) in [5.41, 5.74) is 1.02. The quantitative estimate of drug-likeness (QED) is 0.796. The minimum atomic E-state index is -0.463. The summed E-state index contributed by atoms with van der Waals surface area (Å²) >= 11 is 6.11. The summed E-state index contributed by atoms with van der Waals surface area (Å²) in [6, 6.07) is 3.55. The molecule has 5 heteroatoms. The number of carbonyl (C=O) groups excluding carboxylic acids is 2. The van der Waals surface area contributed by atoms with Crippen molar-refractivity contribution in [2.75, 3.05) is 13.1 Å². The number of ether oxygens (including phenoxy) is 1. The summed E-state index contributed by atoms with van der Waals surface area (Å²) in [6.07, 6.45) is 2.29. The molecule has 0 atom stereocenters. The summed E-state index contributed by atoms with van der Waals surface area (Å²) in [6.45, 7) is 5.08. The van der Waals surface area contributed by atoms with Gasteiger partial charge in [-0.2, -0.15) is 0 Å². The van der Waals surface area contributed by atoms with Gasteiger partial charge in [0, 0.05) is 37.4 Å². The van der Waals surface area contributed by atoms with Crippen LogP contribution in [0.1, 0.15) is 48.5 Å². The first kappa shape index (κ1) is 15.3. The summed E-state index contributed by atoms with van der Waals surface area (Å²) in [5, 5.41) is 0.593. The van der Waals surface area contributed by atoms with Crippen LogP contribution < -0.4 is 4.74 Å². The van der Waals surface area contributed by atoms with E-state index in [0.29, 0.717) is 55.1 Å². The zero-order valence-corrected chi connectivity index (χ0v) is 13.7. The number of hydrogen-bond acceptors (Lipinski definition) is 3. The smallest absolute Gasteiger partial charge is 0.222 e. The molecular formula is C17H20ClNO3. The molecule has 2 heterocycles. The number of likely N-dealkylation sites (tertiary alicyclic amines) is 1. The molecule has 1 aromatic carbocycles. The average molecular weight is 322 g/mol. The van der Waals surface area contributed by atoms with Gasteiger partial charge in [-0.1, -0.05) is 18.5 Å². The van der Waals surface area contributed by atoms with Crippen molar-refractivity contribution in [2.45, 2.75) is 45.1 Å². The number of carbonyl (C=O) groups is 2. The molecule has 0 saturated carbocycles. The Kier molecular flexibility index (Phi) is 3.89. The zero-order chi connectivity index (χ0) is 15.9. The molecule has 4 nitrogen and oxygen atoms in total. The molecule has 0 radical (unpaired) electrons. The van der Waals surface area contributed by atoms with E-state index in [1.807, 2.05) is 24.8 Å². The Hall–Kier alpha value is -1.55. The van der Waals surface area contributed by atoms with Gasteiger partial charge < -0.3 is 9.64 Å². The van der Waals surface area contributed by atoms with Crippen LogP contribution in [-0.2, 0) is 4.79 Å². The van der Waals surface area contributed by atoms with Crippen LogP contribution in [0.15, 0.2) is 12.1 Å². The van der Waals surface area contributed by atoms with Gasteiger partial charge in [0.05, 0.1) is 12.0 Å². The van der Waals surface area contributed by atoms with Crippen molar-refractivity contribution in [1.29, 1.82) is 0 Å². The van der Waals surface area contributed by atoms with Gasteiger partial charge in [0.2, 0.25) is 5.91 Å². The minimum Gasteiger partial charge on any atom is -0.486 e. The lowest BCUT2D eigenvalue weighted by Crippen LogP contribution is -2.52. The first-order valence-electron chi connectivity index (χ1n) is 7.74. The van der Waals surface area contributed by atoms with Crippen LogP contribution >= 0.6 is 11.6 Å². The lowest BCUT2D eigenvalue weighted by atomic mass is 9.82. The van der Waals surface area contributed by atoms with Crippen molar-refractivity contribution in [1.82, 2.24) is 4.90 Å². The fourth-order valence-electron chi connectivity index (χ4n) is 3.28. The SMILES string of the molecule is CCC(=O)N1CCC2(CC1)CC(=O)c1cc(Cl)c(C)cc1O2. The van der Waals surface area contributed by atoms with E-state index in [1.165, 1.54) is 0 Å². The second-order valence-electron chi connectivity index (χ2n) is 6.22. The highest BCUT2D eigenvalue weighted by Gasteiger charge is 2.43. The fraction of sp³-hybridized carbons (Fsp3) is 0.529. The molecular weight excluding hydrogens is 302 g/mol. The van der Waals surface area contributed by atoms with Gasteiger partial charge in [0.1, 0.15) is 11.4 Å². The monoisotopic (exact) mass is 321 g/mol. The second-order valence-corrected chi connectivity index (χ2v) is 6.62. The van der Waals surface area contributed by atoms with E-state index in [0.717, 1.165) is 5.56 Å². The fourth-order valence-corrected chi connectivity index (χ4v) is 3.44. The van der Waals surface area contributed by atoms with Crippen LogP contribution in [0.4, 0.5) is 0 Å². The molecule has 1 amide bonds. The highest BCUT2D eigenvalue weighted by atomic mass is 35.5. The number of Topliss-reactive ketones (excluding diaryl/α,β-unsaturated/α-hetero) is 1. The number of ketones is 1. The Labute approximate surface area is 135 Å². The molecule has 1 aromatic rings. The van der Waals surface area contributed by atoms with Gasteiger partial charge >= 0.3 is 0 Å².